The first-order chi connectivity index (χ1) is 11.4. The molecule has 24 heavy (non-hydrogen) atoms. The summed E-state index contributed by atoms with van der Waals surface area (Å²) < 4.78 is 0. The number of hydrogen-bond donors (Lipinski definition) is 0. The topological polar surface area (TPSA) is 78.0 Å². The van der Waals surface area contributed by atoms with Gasteiger partial charge in [0.15, 0.2) is 0 Å². The van der Waals surface area contributed by atoms with E-state index in [0.717, 1.165) is 4.90 Å². The van der Waals surface area contributed by atoms with Crippen molar-refractivity contribution in [3.8, 4) is 0 Å². The van der Waals surface area contributed by atoms with Crippen LogP contribution in [0.1, 0.15) is 34.6 Å². The Kier molecular flexibility index (Phi) is 4.09. The van der Waals surface area contributed by atoms with Crippen LogP contribution in [0.3, 0.4) is 0 Å². The number of nitrogens with zero attached hydrogens (tertiary/aromatic N) is 3. The summed E-state index contributed by atoms with van der Waals surface area (Å²) in [5, 5.41) is 0. The van der Waals surface area contributed by atoms with E-state index in [1.165, 1.54) is 6.92 Å². The molecule has 0 saturated carbocycles. The van der Waals surface area contributed by atoms with Crippen molar-refractivity contribution < 1.29 is 19.2 Å². The van der Waals surface area contributed by atoms with Crippen LogP contribution in [-0.2, 0) is 9.59 Å². The molecule has 2 aliphatic rings. The Morgan fingerprint density at radius 2 is 1.38 bits per heavy atom. The number of imide groups is 1. The van der Waals surface area contributed by atoms with Crippen LogP contribution in [0, 0.1) is 0 Å². The normalized spacial score (nSPS) is 18.7. The molecule has 7 heteroatoms. The lowest BCUT2D eigenvalue weighted by atomic mass is 10.1. The van der Waals surface area contributed by atoms with Crippen LogP contribution < -0.4 is 0 Å². The van der Waals surface area contributed by atoms with Crippen molar-refractivity contribution in [2.45, 2.75) is 19.9 Å². The zero-order chi connectivity index (χ0) is 17.4. The van der Waals surface area contributed by atoms with Gasteiger partial charge in [-0.15, -0.1) is 0 Å². The van der Waals surface area contributed by atoms with Gasteiger partial charge in [0.2, 0.25) is 11.8 Å². The zero-order valence-electron chi connectivity index (χ0n) is 13.7. The van der Waals surface area contributed by atoms with Crippen LogP contribution in [-0.4, -0.2) is 70.5 Å². The summed E-state index contributed by atoms with van der Waals surface area (Å²) in [6.45, 7) is 4.82. The fraction of sp³-hybridized carbons (Fsp3) is 0.412. The maximum atomic E-state index is 12.7. The Morgan fingerprint density at radius 3 is 1.83 bits per heavy atom. The summed E-state index contributed by atoms with van der Waals surface area (Å²) in [4.78, 5) is 53.3. The lowest BCUT2D eigenvalue weighted by Crippen LogP contribution is -2.55. The molecule has 2 aliphatic heterocycles. The number of amides is 4. The van der Waals surface area contributed by atoms with E-state index in [9.17, 15) is 19.2 Å². The van der Waals surface area contributed by atoms with Gasteiger partial charge in [-0.1, -0.05) is 12.1 Å². The van der Waals surface area contributed by atoms with Crippen LogP contribution in [0.5, 0.6) is 0 Å². The number of piperazine rings is 1. The highest BCUT2D eigenvalue weighted by atomic mass is 16.2. The van der Waals surface area contributed by atoms with Gasteiger partial charge in [-0.25, -0.2) is 0 Å². The van der Waals surface area contributed by atoms with E-state index in [-0.39, 0.29) is 11.8 Å². The molecule has 0 aromatic heterocycles. The Bertz CT molecular complexity index is 687. The molecular formula is C17H19N3O4. The summed E-state index contributed by atoms with van der Waals surface area (Å²) in [7, 11) is 0. The highest BCUT2D eigenvalue weighted by Gasteiger charge is 2.42. The van der Waals surface area contributed by atoms with E-state index in [1.54, 1.807) is 41.0 Å². The molecule has 0 N–H and O–H groups in total. The third kappa shape index (κ3) is 2.55. The van der Waals surface area contributed by atoms with Gasteiger partial charge in [0.25, 0.3) is 11.8 Å². The van der Waals surface area contributed by atoms with Crippen molar-refractivity contribution >= 4 is 23.6 Å². The summed E-state index contributed by atoms with van der Waals surface area (Å²) in [5.41, 5.74) is 0.673. The van der Waals surface area contributed by atoms with Crippen LogP contribution in [0.2, 0.25) is 0 Å². The highest BCUT2D eigenvalue weighted by Crippen LogP contribution is 2.25. The molecule has 4 amide bonds. The van der Waals surface area contributed by atoms with Gasteiger partial charge < -0.3 is 9.80 Å². The van der Waals surface area contributed by atoms with Crippen molar-refractivity contribution in [2.24, 2.45) is 0 Å². The molecular weight excluding hydrogens is 310 g/mol. The second-order valence-corrected chi connectivity index (χ2v) is 6.03. The molecule has 1 saturated heterocycles. The molecule has 1 aromatic carbocycles. The van der Waals surface area contributed by atoms with Gasteiger partial charge in [-0.05, 0) is 19.1 Å². The molecule has 1 aromatic rings. The monoisotopic (exact) mass is 329 g/mol. The number of carbonyl (C=O) groups excluding carboxylic acids is 4. The molecule has 2 heterocycles. The minimum Gasteiger partial charge on any atom is -0.339 e. The second kappa shape index (κ2) is 6.07. The first-order valence-electron chi connectivity index (χ1n) is 7.93. The Labute approximate surface area is 139 Å². The van der Waals surface area contributed by atoms with Crippen molar-refractivity contribution in [1.82, 2.24) is 14.7 Å². The van der Waals surface area contributed by atoms with Crippen molar-refractivity contribution in [1.29, 1.82) is 0 Å². The van der Waals surface area contributed by atoms with E-state index in [4.69, 9.17) is 0 Å². The standard InChI is InChI=1S/C17H19N3O4/c1-11(15(22)19-9-7-18(8-10-19)12(2)21)20-16(23)13-5-3-4-6-14(13)17(20)24/h3-6,11H,7-10H2,1-2H3. The van der Waals surface area contributed by atoms with E-state index in [1.807, 2.05) is 0 Å². The smallest absolute Gasteiger partial charge is 0.262 e. The average molecular weight is 329 g/mol. The van der Waals surface area contributed by atoms with Crippen molar-refractivity contribution in [3.63, 3.8) is 0 Å². The summed E-state index contributed by atoms with van der Waals surface area (Å²) in [6.07, 6.45) is 0. The van der Waals surface area contributed by atoms with E-state index >= 15 is 0 Å². The number of rotatable bonds is 2. The molecule has 0 bridgehead atoms. The molecule has 1 unspecified atom stereocenters. The van der Waals surface area contributed by atoms with Gasteiger partial charge in [0.1, 0.15) is 6.04 Å². The first kappa shape index (κ1) is 16.2. The second-order valence-electron chi connectivity index (χ2n) is 6.03. The molecule has 0 aliphatic carbocycles. The highest BCUT2D eigenvalue weighted by molar-refractivity contribution is 6.22. The third-order valence-corrected chi connectivity index (χ3v) is 4.61. The largest absolute Gasteiger partial charge is 0.339 e. The predicted octanol–water partition coefficient (Wildman–Crippen LogP) is 0.362. The van der Waals surface area contributed by atoms with Crippen LogP contribution in [0.25, 0.3) is 0 Å². The molecule has 1 atom stereocenters. The molecule has 0 radical (unpaired) electrons. The maximum Gasteiger partial charge on any atom is 0.262 e. The zero-order valence-corrected chi connectivity index (χ0v) is 13.7. The van der Waals surface area contributed by atoms with Crippen LogP contribution in [0.15, 0.2) is 24.3 Å². The number of carbonyl (C=O) groups is 4. The molecule has 126 valence electrons. The Morgan fingerprint density at radius 1 is 0.917 bits per heavy atom. The number of benzene rings is 1. The fourth-order valence-corrected chi connectivity index (χ4v) is 3.18. The molecule has 7 nitrogen and oxygen atoms in total. The van der Waals surface area contributed by atoms with E-state index < -0.39 is 17.9 Å². The lowest BCUT2D eigenvalue weighted by Gasteiger charge is -2.36. The minimum atomic E-state index is -0.860. The quantitative estimate of drug-likeness (QED) is 0.734. The third-order valence-electron chi connectivity index (χ3n) is 4.61. The van der Waals surface area contributed by atoms with Gasteiger partial charge in [0, 0.05) is 33.1 Å². The SMILES string of the molecule is CC(=O)N1CCN(C(=O)C(C)N2C(=O)c3ccccc3C2=O)CC1. The van der Waals surface area contributed by atoms with Gasteiger partial charge in [0.05, 0.1) is 11.1 Å². The predicted molar refractivity (Wildman–Crippen MR) is 85.2 cm³/mol. The summed E-state index contributed by atoms with van der Waals surface area (Å²) in [5.74, 6) is -1.15. The minimum absolute atomic E-state index is 0.0181. The molecule has 1 fully saturated rings. The Balaban J connectivity index is 1.72. The van der Waals surface area contributed by atoms with Crippen LogP contribution in [0.4, 0.5) is 0 Å². The van der Waals surface area contributed by atoms with Crippen molar-refractivity contribution in [2.75, 3.05) is 26.2 Å². The average Bonchev–Trinajstić information content (AvgIpc) is 2.85. The lowest BCUT2D eigenvalue weighted by molar-refractivity contribution is -0.140. The van der Waals surface area contributed by atoms with Gasteiger partial charge in [-0.3, -0.25) is 24.1 Å². The van der Waals surface area contributed by atoms with Gasteiger partial charge >= 0.3 is 0 Å². The van der Waals surface area contributed by atoms with E-state index in [2.05, 4.69) is 0 Å². The maximum absolute atomic E-state index is 12.7. The van der Waals surface area contributed by atoms with Crippen molar-refractivity contribution in [3.05, 3.63) is 35.4 Å². The van der Waals surface area contributed by atoms with E-state index in [0.29, 0.717) is 37.3 Å². The summed E-state index contributed by atoms with van der Waals surface area (Å²) in [6, 6.07) is 5.72. The fourth-order valence-electron chi connectivity index (χ4n) is 3.18. The Hall–Kier alpha value is -2.70. The molecule has 0 spiro atoms. The van der Waals surface area contributed by atoms with Gasteiger partial charge in [-0.2, -0.15) is 0 Å². The number of hydrogen-bond acceptors (Lipinski definition) is 4. The summed E-state index contributed by atoms with van der Waals surface area (Å²) >= 11 is 0. The molecule has 3 rings (SSSR count). The first-order valence-corrected chi connectivity index (χ1v) is 7.93. The van der Waals surface area contributed by atoms with Crippen LogP contribution >= 0.6 is 0 Å². The number of fused-ring (bicyclic) bond motifs is 1.